The Morgan fingerprint density at radius 3 is 2.73 bits per heavy atom. The monoisotopic (exact) mass is 326 g/mol. The van der Waals surface area contributed by atoms with Crippen LogP contribution in [0.25, 0.3) is 0 Å². The van der Waals surface area contributed by atoms with Gasteiger partial charge in [-0.3, -0.25) is 4.72 Å². The number of hydrogen-bond acceptors (Lipinski definition) is 4. The first-order chi connectivity index (χ1) is 10.3. The molecule has 1 aliphatic rings. The van der Waals surface area contributed by atoms with Gasteiger partial charge in [0.05, 0.1) is 0 Å². The van der Waals surface area contributed by atoms with Gasteiger partial charge < -0.3 is 9.64 Å². The molecule has 1 saturated heterocycles. The molecular weight excluding hydrogens is 303 g/mol. The molecule has 1 unspecified atom stereocenters. The van der Waals surface area contributed by atoms with Gasteiger partial charge in [-0.25, -0.2) is 9.18 Å². The number of carbonyl (C=O) groups is 1. The highest BCUT2D eigenvalue weighted by Crippen LogP contribution is 2.22. The van der Waals surface area contributed by atoms with Gasteiger partial charge in [0, 0.05) is 24.0 Å². The highest BCUT2D eigenvalue weighted by atomic mass is 32.2. The fourth-order valence-electron chi connectivity index (χ4n) is 2.33. The highest BCUT2D eigenvalue weighted by molar-refractivity contribution is 7.97. The highest BCUT2D eigenvalue weighted by Gasteiger charge is 2.31. The maximum atomic E-state index is 12.8. The van der Waals surface area contributed by atoms with Gasteiger partial charge in [0.15, 0.2) is 0 Å². The second-order valence-corrected chi connectivity index (χ2v) is 7.34. The quantitative estimate of drug-likeness (QED) is 0.854. The van der Waals surface area contributed by atoms with E-state index in [1.165, 1.54) is 24.1 Å². The summed E-state index contributed by atoms with van der Waals surface area (Å²) < 4.78 is 21.5. The predicted octanol–water partition coefficient (Wildman–Crippen LogP) is 3.82. The van der Waals surface area contributed by atoms with Gasteiger partial charge in [0.25, 0.3) is 0 Å². The summed E-state index contributed by atoms with van der Waals surface area (Å²) in [5, 5.41) is 0. The minimum atomic E-state index is -0.472. The van der Waals surface area contributed by atoms with Crippen molar-refractivity contribution in [3.63, 3.8) is 0 Å². The van der Waals surface area contributed by atoms with Crippen LogP contribution in [0.3, 0.4) is 0 Å². The number of nitrogens with zero attached hydrogens (tertiary/aromatic N) is 1. The third-order valence-corrected chi connectivity index (χ3v) is 4.15. The number of rotatable bonds is 4. The van der Waals surface area contributed by atoms with Crippen molar-refractivity contribution in [3.05, 3.63) is 30.1 Å². The third-order valence-electron chi connectivity index (χ3n) is 3.33. The van der Waals surface area contributed by atoms with Crippen LogP contribution in [-0.4, -0.2) is 35.7 Å². The predicted molar refractivity (Wildman–Crippen MR) is 86.2 cm³/mol. The standard InChI is InChI=1S/C16H23FN2O2S/c1-16(2,3)21-15(20)19-10-4-5-13(19)11-18-22-14-8-6-12(17)7-9-14/h6-9,13,18H,4-5,10-11H2,1-3H3. The van der Waals surface area contributed by atoms with Crippen LogP contribution >= 0.6 is 11.9 Å². The topological polar surface area (TPSA) is 41.6 Å². The summed E-state index contributed by atoms with van der Waals surface area (Å²) in [7, 11) is 0. The van der Waals surface area contributed by atoms with Gasteiger partial charge in [0.1, 0.15) is 11.4 Å². The summed E-state index contributed by atoms with van der Waals surface area (Å²) in [6, 6.07) is 6.47. The molecule has 6 heteroatoms. The summed E-state index contributed by atoms with van der Waals surface area (Å²) in [4.78, 5) is 14.9. The average Bonchev–Trinajstić information content (AvgIpc) is 2.88. The first-order valence-electron chi connectivity index (χ1n) is 7.50. The SMILES string of the molecule is CC(C)(C)OC(=O)N1CCCC1CNSc1ccc(F)cc1. The summed E-state index contributed by atoms with van der Waals surface area (Å²) in [6.07, 6.45) is 1.71. The van der Waals surface area contributed by atoms with Crippen molar-refractivity contribution in [1.82, 2.24) is 9.62 Å². The number of amides is 1. The van der Waals surface area contributed by atoms with E-state index >= 15 is 0 Å². The fraction of sp³-hybridized carbons (Fsp3) is 0.562. The van der Waals surface area contributed by atoms with Gasteiger partial charge in [0.2, 0.25) is 0 Å². The van der Waals surface area contributed by atoms with E-state index in [4.69, 9.17) is 4.74 Å². The van der Waals surface area contributed by atoms with E-state index in [0.717, 1.165) is 24.3 Å². The molecule has 0 saturated carbocycles. The van der Waals surface area contributed by atoms with Gasteiger partial charge in [-0.2, -0.15) is 0 Å². The molecule has 0 radical (unpaired) electrons. The van der Waals surface area contributed by atoms with Crippen molar-refractivity contribution < 1.29 is 13.9 Å². The molecule has 0 spiro atoms. The molecule has 1 heterocycles. The van der Waals surface area contributed by atoms with E-state index in [0.29, 0.717) is 6.54 Å². The Hall–Kier alpha value is -1.27. The van der Waals surface area contributed by atoms with Crippen LogP contribution in [0.4, 0.5) is 9.18 Å². The number of nitrogens with one attached hydrogen (secondary N) is 1. The van der Waals surface area contributed by atoms with Crippen LogP contribution in [0.2, 0.25) is 0 Å². The third kappa shape index (κ3) is 5.18. The molecular formula is C16H23FN2O2S. The molecule has 2 rings (SSSR count). The molecule has 1 aromatic carbocycles. The van der Waals surface area contributed by atoms with Crippen LogP contribution in [0.5, 0.6) is 0 Å². The number of halogens is 1. The van der Waals surface area contributed by atoms with E-state index in [-0.39, 0.29) is 18.0 Å². The van der Waals surface area contributed by atoms with Crippen molar-refractivity contribution in [2.75, 3.05) is 13.1 Å². The lowest BCUT2D eigenvalue weighted by atomic mass is 10.2. The molecule has 0 aliphatic carbocycles. The van der Waals surface area contributed by atoms with Crippen LogP contribution < -0.4 is 4.72 Å². The Morgan fingerprint density at radius 1 is 1.41 bits per heavy atom. The largest absolute Gasteiger partial charge is 0.444 e. The van der Waals surface area contributed by atoms with Crippen molar-refractivity contribution in [2.24, 2.45) is 0 Å². The molecule has 0 bridgehead atoms. The van der Waals surface area contributed by atoms with Gasteiger partial charge >= 0.3 is 6.09 Å². The lowest BCUT2D eigenvalue weighted by molar-refractivity contribution is 0.0230. The Bertz CT molecular complexity index is 502. The maximum absolute atomic E-state index is 12.8. The van der Waals surface area contributed by atoms with Crippen LogP contribution in [0.1, 0.15) is 33.6 Å². The molecule has 1 fully saturated rings. The zero-order valence-electron chi connectivity index (χ0n) is 13.3. The minimum Gasteiger partial charge on any atom is -0.444 e. The first-order valence-corrected chi connectivity index (χ1v) is 8.32. The van der Waals surface area contributed by atoms with Crippen molar-refractivity contribution in [1.29, 1.82) is 0 Å². The van der Waals surface area contributed by atoms with Crippen LogP contribution in [0, 0.1) is 5.82 Å². The molecule has 1 atom stereocenters. The first kappa shape index (κ1) is 17.1. The zero-order valence-corrected chi connectivity index (χ0v) is 14.1. The van der Waals surface area contributed by atoms with E-state index in [1.54, 1.807) is 17.0 Å². The van der Waals surface area contributed by atoms with Gasteiger partial charge in [-0.05, 0) is 69.8 Å². The van der Waals surface area contributed by atoms with Crippen LogP contribution in [0.15, 0.2) is 29.2 Å². The normalized spacial score (nSPS) is 18.5. The Labute approximate surface area is 135 Å². The Kier molecular flexibility index (Phi) is 5.69. The van der Waals surface area contributed by atoms with E-state index in [2.05, 4.69) is 4.72 Å². The smallest absolute Gasteiger partial charge is 0.410 e. The van der Waals surface area contributed by atoms with Crippen molar-refractivity contribution >= 4 is 18.0 Å². The molecule has 4 nitrogen and oxygen atoms in total. The Balaban J connectivity index is 1.81. The molecule has 1 aliphatic heterocycles. The summed E-state index contributed by atoms with van der Waals surface area (Å²) in [6.45, 7) is 7.04. The minimum absolute atomic E-state index is 0.141. The molecule has 122 valence electrons. The van der Waals surface area contributed by atoms with Crippen molar-refractivity contribution in [3.8, 4) is 0 Å². The maximum Gasteiger partial charge on any atom is 0.410 e. The van der Waals surface area contributed by atoms with E-state index < -0.39 is 5.60 Å². The van der Waals surface area contributed by atoms with Crippen molar-refractivity contribution in [2.45, 2.75) is 50.2 Å². The lowest BCUT2D eigenvalue weighted by Crippen LogP contribution is -2.43. The lowest BCUT2D eigenvalue weighted by Gasteiger charge is -2.28. The number of ether oxygens (including phenoxy) is 1. The van der Waals surface area contributed by atoms with E-state index in [1.807, 2.05) is 20.8 Å². The second kappa shape index (κ2) is 7.33. The second-order valence-electron chi connectivity index (χ2n) is 6.37. The van der Waals surface area contributed by atoms with Crippen LogP contribution in [-0.2, 0) is 4.74 Å². The van der Waals surface area contributed by atoms with E-state index in [9.17, 15) is 9.18 Å². The number of likely N-dealkylation sites (tertiary alicyclic amines) is 1. The fourth-order valence-corrected chi connectivity index (χ4v) is 3.05. The zero-order chi connectivity index (χ0) is 16.2. The van der Waals surface area contributed by atoms with Gasteiger partial charge in [-0.15, -0.1) is 0 Å². The van der Waals surface area contributed by atoms with Gasteiger partial charge in [-0.1, -0.05) is 0 Å². The molecule has 1 aromatic rings. The number of benzene rings is 1. The number of hydrogen-bond donors (Lipinski definition) is 1. The summed E-state index contributed by atoms with van der Waals surface area (Å²) >= 11 is 1.45. The molecule has 1 amide bonds. The molecule has 22 heavy (non-hydrogen) atoms. The summed E-state index contributed by atoms with van der Waals surface area (Å²) in [5.74, 6) is -0.240. The summed E-state index contributed by atoms with van der Waals surface area (Å²) in [5.41, 5.74) is -0.472. The average molecular weight is 326 g/mol. The number of carbonyl (C=O) groups excluding carboxylic acids is 1. The molecule has 1 N–H and O–H groups in total. The molecule has 0 aromatic heterocycles. The Morgan fingerprint density at radius 2 is 2.09 bits per heavy atom.